The molecule has 3 aliphatic heterocycles. The van der Waals surface area contributed by atoms with E-state index in [9.17, 15) is 14.4 Å². The van der Waals surface area contributed by atoms with E-state index in [2.05, 4.69) is 0 Å². The van der Waals surface area contributed by atoms with E-state index in [-0.39, 0.29) is 29.2 Å². The number of para-hydroxylation sites is 1. The quantitative estimate of drug-likeness (QED) is 0.747. The first-order valence-corrected chi connectivity index (χ1v) is 10.1. The Morgan fingerprint density at radius 1 is 1.11 bits per heavy atom. The molecule has 6 heteroatoms. The highest BCUT2D eigenvalue weighted by molar-refractivity contribution is 6.08. The van der Waals surface area contributed by atoms with Gasteiger partial charge < -0.3 is 14.7 Å². The fourth-order valence-electron chi connectivity index (χ4n) is 5.09. The van der Waals surface area contributed by atoms with E-state index >= 15 is 0 Å². The van der Waals surface area contributed by atoms with Gasteiger partial charge in [0.2, 0.25) is 17.7 Å². The Balaban J connectivity index is 1.47. The van der Waals surface area contributed by atoms with E-state index in [0.29, 0.717) is 38.9 Å². The number of likely N-dealkylation sites (N-methyl/N-ethyl adjacent to an activating group) is 1. The molecule has 150 valence electrons. The number of nitrogens with zero attached hydrogens (tertiary/aromatic N) is 3. The summed E-state index contributed by atoms with van der Waals surface area (Å²) >= 11 is 0. The average molecular weight is 383 g/mol. The standard InChI is InChI=1S/C22H29N3O3/c1-21(2,3)25-14-15(13-18(25)26)19(27)24-11-9-22(10-12-24)16-7-5-6-8-17(16)23(4)20(22)28/h5-8,15H,9-14H2,1-4H3/t15-/m1/s1. The first-order chi connectivity index (χ1) is 13.1. The van der Waals surface area contributed by atoms with Crippen molar-refractivity contribution in [1.29, 1.82) is 0 Å². The van der Waals surface area contributed by atoms with Gasteiger partial charge in [-0.2, -0.15) is 0 Å². The molecule has 3 aliphatic rings. The largest absolute Gasteiger partial charge is 0.342 e. The minimum atomic E-state index is -0.509. The second kappa shape index (κ2) is 6.33. The number of benzene rings is 1. The van der Waals surface area contributed by atoms with E-state index in [1.165, 1.54) is 0 Å². The highest BCUT2D eigenvalue weighted by Gasteiger charge is 2.52. The van der Waals surface area contributed by atoms with Gasteiger partial charge in [0.15, 0.2) is 0 Å². The molecule has 2 saturated heterocycles. The number of carbonyl (C=O) groups is 3. The summed E-state index contributed by atoms with van der Waals surface area (Å²) in [5, 5.41) is 0. The van der Waals surface area contributed by atoms with Crippen LogP contribution in [-0.2, 0) is 19.8 Å². The molecule has 6 nitrogen and oxygen atoms in total. The van der Waals surface area contributed by atoms with Crippen LogP contribution in [-0.4, -0.2) is 59.7 Å². The maximum Gasteiger partial charge on any atom is 0.237 e. The van der Waals surface area contributed by atoms with Gasteiger partial charge >= 0.3 is 0 Å². The van der Waals surface area contributed by atoms with Crippen molar-refractivity contribution in [1.82, 2.24) is 9.80 Å². The van der Waals surface area contributed by atoms with Crippen molar-refractivity contribution >= 4 is 23.4 Å². The first-order valence-electron chi connectivity index (χ1n) is 10.1. The van der Waals surface area contributed by atoms with E-state index < -0.39 is 5.41 Å². The fraction of sp³-hybridized carbons (Fsp3) is 0.591. The fourth-order valence-corrected chi connectivity index (χ4v) is 5.09. The van der Waals surface area contributed by atoms with Crippen molar-refractivity contribution in [2.45, 2.75) is 51.0 Å². The van der Waals surface area contributed by atoms with Gasteiger partial charge in [0.25, 0.3) is 0 Å². The number of anilines is 1. The molecule has 0 bridgehead atoms. The number of fused-ring (bicyclic) bond motifs is 2. The van der Waals surface area contributed by atoms with Gasteiger partial charge in [0.05, 0.1) is 11.3 Å². The molecule has 0 N–H and O–H groups in total. The zero-order valence-corrected chi connectivity index (χ0v) is 17.2. The zero-order valence-electron chi connectivity index (χ0n) is 17.2. The number of carbonyl (C=O) groups excluding carboxylic acids is 3. The average Bonchev–Trinajstić information content (AvgIpc) is 3.16. The van der Waals surface area contributed by atoms with E-state index in [0.717, 1.165) is 11.3 Å². The Labute approximate surface area is 166 Å². The topological polar surface area (TPSA) is 60.9 Å². The summed E-state index contributed by atoms with van der Waals surface area (Å²) in [4.78, 5) is 43.9. The number of piperidine rings is 1. The molecule has 0 unspecified atom stereocenters. The molecule has 4 rings (SSSR count). The number of rotatable bonds is 1. The smallest absolute Gasteiger partial charge is 0.237 e. The van der Waals surface area contributed by atoms with Crippen LogP contribution in [0.1, 0.15) is 45.6 Å². The molecule has 0 radical (unpaired) electrons. The van der Waals surface area contributed by atoms with Gasteiger partial charge in [-0.25, -0.2) is 0 Å². The molecule has 1 aromatic rings. The van der Waals surface area contributed by atoms with Crippen molar-refractivity contribution in [2.75, 3.05) is 31.6 Å². The monoisotopic (exact) mass is 383 g/mol. The highest BCUT2D eigenvalue weighted by atomic mass is 16.2. The third-order valence-electron chi connectivity index (χ3n) is 6.71. The number of likely N-dealkylation sites (tertiary alicyclic amines) is 2. The van der Waals surface area contributed by atoms with Crippen molar-refractivity contribution < 1.29 is 14.4 Å². The third-order valence-corrected chi connectivity index (χ3v) is 6.71. The maximum absolute atomic E-state index is 13.1. The normalized spacial score (nSPS) is 24.3. The first kappa shape index (κ1) is 19.0. The van der Waals surface area contributed by atoms with Crippen LogP contribution in [0.5, 0.6) is 0 Å². The number of amides is 3. The predicted octanol–water partition coefficient (Wildman–Crippen LogP) is 2.17. The van der Waals surface area contributed by atoms with Crippen LogP contribution in [0.3, 0.4) is 0 Å². The molecule has 0 aromatic heterocycles. The van der Waals surface area contributed by atoms with Crippen molar-refractivity contribution in [2.24, 2.45) is 5.92 Å². The molecule has 3 amide bonds. The summed E-state index contributed by atoms with van der Waals surface area (Å²) in [5.74, 6) is -0.0198. The van der Waals surface area contributed by atoms with Gasteiger partial charge in [-0.1, -0.05) is 18.2 Å². The predicted molar refractivity (Wildman–Crippen MR) is 107 cm³/mol. The van der Waals surface area contributed by atoms with Crippen molar-refractivity contribution in [3.63, 3.8) is 0 Å². The van der Waals surface area contributed by atoms with E-state index in [4.69, 9.17) is 0 Å². The van der Waals surface area contributed by atoms with Crippen LogP contribution in [0.4, 0.5) is 5.69 Å². The Bertz CT molecular complexity index is 834. The molecular weight excluding hydrogens is 354 g/mol. The molecule has 3 heterocycles. The third kappa shape index (κ3) is 2.73. The second-order valence-electron chi connectivity index (χ2n) is 9.36. The summed E-state index contributed by atoms with van der Waals surface area (Å²) in [6.45, 7) is 7.62. The van der Waals surface area contributed by atoms with Crippen LogP contribution in [0.25, 0.3) is 0 Å². The lowest BCUT2D eigenvalue weighted by molar-refractivity contribution is -0.139. The molecule has 2 fully saturated rings. The lowest BCUT2D eigenvalue weighted by Gasteiger charge is -2.39. The van der Waals surface area contributed by atoms with E-state index in [1.54, 1.807) is 4.90 Å². The minimum absolute atomic E-state index is 0.0563. The summed E-state index contributed by atoms with van der Waals surface area (Å²) in [6, 6.07) is 7.98. The van der Waals surface area contributed by atoms with Crippen LogP contribution < -0.4 is 4.90 Å². The Kier molecular flexibility index (Phi) is 4.28. The number of hydrogen-bond acceptors (Lipinski definition) is 3. The zero-order chi connectivity index (χ0) is 20.3. The molecule has 1 spiro atoms. The minimum Gasteiger partial charge on any atom is -0.342 e. The van der Waals surface area contributed by atoms with Gasteiger partial charge in [-0.15, -0.1) is 0 Å². The summed E-state index contributed by atoms with van der Waals surface area (Å²) < 4.78 is 0. The lowest BCUT2D eigenvalue weighted by atomic mass is 9.73. The molecular formula is C22H29N3O3. The van der Waals surface area contributed by atoms with Crippen LogP contribution >= 0.6 is 0 Å². The molecule has 0 aliphatic carbocycles. The molecule has 28 heavy (non-hydrogen) atoms. The van der Waals surface area contributed by atoms with Gasteiger partial charge in [0, 0.05) is 44.3 Å². The molecule has 1 aromatic carbocycles. The highest BCUT2D eigenvalue weighted by Crippen LogP contribution is 2.47. The van der Waals surface area contributed by atoms with Crippen LogP contribution in [0.2, 0.25) is 0 Å². The van der Waals surface area contributed by atoms with Crippen LogP contribution in [0.15, 0.2) is 24.3 Å². The van der Waals surface area contributed by atoms with Crippen molar-refractivity contribution in [3.8, 4) is 0 Å². The van der Waals surface area contributed by atoms with Gasteiger partial charge in [-0.05, 0) is 45.2 Å². The second-order valence-corrected chi connectivity index (χ2v) is 9.36. The number of hydrogen-bond donors (Lipinski definition) is 0. The van der Waals surface area contributed by atoms with E-state index in [1.807, 2.05) is 61.9 Å². The molecule has 1 atom stereocenters. The maximum atomic E-state index is 13.1. The summed E-state index contributed by atoms with van der Waals surface area (Å²) in [5.41, 5.74) is 1.30. The Hall–Kier alpha value is -2.37. The molecule has 0 saturated carbocycles. The van der Waals surface area contributed by atoms with Crippen LogP contribution in [0, 0.1) is 5.92 Å². The summed E-state index contributed by atoms with van der Waals surface area (Å²) in [7, 11) is 1.83. The summed E-state index contributed by atoms with van der Waals surface area (Å²) in [6.07, 6.45) is 1.58. The lowest BCUT2D eigenvalue weighted by Crippen LogP contribution is -2.51. The van der Waals surface area contributed by atoms with Crippen molar-refractivity contribution in [3.05, 3.63) is 29.8 Å². The SMILES string of the molecule is CN1C(=O)C2(CCN(C(=O)[C@@H]3CC(=O)N(C(C)(C)C)C3)CC2)c2ccccc21. The Morgan fingerprint density at radius 2 is 1.75 bits per heavy atom. The Morgan fingerprint density at radius 3 is 2.36 bits per heavy atom. The van der Waals surface area contributed by atoms with Gasteiger partial charge in [-0.3, -0.25) is 14.4 Å². The van der Waals surface area contributed by atoms with Gasteiger partial charge in [0.1, 0.15) is 0 Å².